The second-order valence-corrected chi connectivity index (χ2v) is 5.11. The largest absolute Gasteiger partial charge is 0.341 e. The van der Waals surface area contributed by atoms with Gasteiger partial charge < -0.3 is 10.6 Å². The van der Waals surface area contributed by atoms with Crippen LogP contribution >= 0.6 is 28.3 Å². The Hall–Kier alpha value is -0.580. The van der Waals surface area contributed by atoms with Crippen LogP contribution in [0.4, 0.5) is 0 Å². The standard InChI is InChI=1S/C12H15BrN2O.ClH/c13-10-3-1-2-9(6-10)7-12(16)15-5-4-11(14)8-15;/h1-3,6,11H,4-5,7-8,14H2;1H/t11-;/m0./s1. The predicted molar refractivity (Wildman–Crippen MR) is 74.3 cm³/mol. The van der Waals surface area contributed by atoms with Crippen LogP contribution in [0.15, 0.2) is 28.7 Å². The first-order valence-electron chi connectivity index (χ1n) is 5.43. The Morgan fingerprint density at radius 2 is 2.29 bits per heavy atom. The van der Waals surface area contributed by atoms with E-state index < -0.39 is 0 Å². The van der Waals surface area contributed by atoms with Crippen LogP contribution in [0.25, 0.3) is 0 Å². The van der Waals surface area contributed by atoms with Crippen molar-refractivity contribution >= 4 is 34.2 Å². The zero-order valence-corrected chi connectivity index (χ0v) is 11.8. The summed E-state index contributed by atoms with van der Waals surface area (Å²) in [4.78, 5) is 13.8. The van der Waals surface area contributed by atoms with Crippen molar-refractivity contribution in [1.29, 1.82) is 0 Å². The smallest absolute Gasteiger partial charge is 0.227 e. The first-order valence-corrected chi connectivity index (χ1v) is 6.22. The Morgan fingerprint density at radius 1 is 1.53 bits per heavy atom. The Kier molecular flexibility index (Phi) is 5.43. The molecule has 0 saturated carbocycles. The molecule has 1 amide bonds. The molecule has 1 heterocycles. The number of halogens is 2. The van der Waals surface area contributed by atoms with Gasteiger partial charge in [-0.15, -0.1) is 12.4 Å². The molecule has 0 spiro atoms. The number of nitrogens with two attached hydrogens (primary N) is 1. The van der Waals surface area contributed by atoms with Crippen LogP contribution in [0.5, 0.6) is 0 Å². The number of nitrogens with zero attached hydrogens (tertiary/aromatic N) is 1. The fraction of sp³-hybridized carbons (Fsp3) is 0.417. The molecule has 1 fully saturated rings. The average molecular weight is 320 g/mol. The SMILES string of the molecule is Cl.N[C@H]1CCN(C(=O)Cc2cccc(Br)c2)C1. The van der Waals surface area contributed by atoms with E-state index in [1.54, 1.807) is 0 Å². The van der Waals surface area contributed by atoms with Crippen LogP contribution in [-0.4, -0.2) is 29.9 Å². The summed E-state index contributed by atoms with van der Waals surface area (Å²) in [6.07, 6.45) is 1.39. The Labute approximate surface area is 116 Å². The van der Waals surface area contributed by atoms with Crippen molar-refractivity contribution < 1.29 is 4.79 Å². The fourth-order valence-electron chi connectivity index (χ4n) is 1.95. The van der Waals surface area contributed by atoms with E-state index in [2.05, 4.69) is 15.9 Å². The summed E-state index contributed by atoms with van der Waals surface area (Å²) in [5.74, 6) is 0.172. The van der Waals surface area contributed by atoms with Gasteiger partial charge in [0.15, 0.2) is 0 Å². The minimum absolute atomic E-state index is 0. The number of carbonyl (C=O) groups is 1. The molecule has 1 aliphatic rings. The Bertz CT molecular complexity index is 400. The zero-order chi connectivity index (χ0) is 11.5. The third-order valence-electron chi connectivity index (χ3n) is 2.82. The van der Waals surface area contributed by atoms with Crippen LogP contribution in [0, 0.1) is 0 Å². The van der Waals surface area contributed by atoms with Gasteiger partial charge in [-0.05, 0) is 24.1 Å². The van der Waals surface area contributed by atoms with Gasteiger partial charge in [0.25, 0.3) is 0 Å². The molecule has 94 valence electrons. The molecule has 0 bridgehead atoms. The van der Waals surface area contributed by atoms with Gasteiger partial charge in [-0.3, -0.25) is 4.79 Å². The van der Waals surface area contributed by atoms with E-state index in [4.69, 9.17) is 5.73 Å². The monoisotopic (exact) mass is 318 g/mol. The van der Waals surface area contributed by atoms with Crippen molar-refractivity contribution in [3.05, 3.63) is 34.3 Å². The molecule has 1 atom stereocenters. The molecule has 3 nitrogen and oxygen atoms in total. The highest BCUT2D eigenvalue weighted by molar-refractivity contribution is 9.10. The summed E-state index contributed by atoms with van der Waals surface area (Å²) in [7, 11) is 0. The highest BCUT2D eigenvalue weighted by Gasteiger charge is 2.23. The van der Waals surface area contributed by atoms with Crippen molar-refractivity contribution in [2.45, 2.75) is 18.9 Å². The van der Waals surface area contributed by atoms with Crippen LogP contribution in [0.3, 0.4) is 0 Å². The Balaban J connectivity index is 0.00000144. The number of amides is 1. The third kappa shape index (κ3) is 3.98. The quantitative estimate of drug-likeness (QED) is 0.906. The molecule has 0 radical (unpaired) electrons. The molecule has 1 saturated heterocycles. The number of benzene rings is 1. The molecule has 0 aliphatic carbocycles. The van der Waals surface area contributed by atoms with E-state index in [1.807, 2.05) is 29.2 Å². The highest BCUT2D eigenvalue weighted by Crippen LogP contribution is 2.14. The normalized spacial score (nSPS) is 18.9. The molecule has 2 N–H and O–H groups in total. The maximum absolute atomic E-state index is 11.9. The molecular formula is C12H16BrClN2O. The van der Waals surface area contributed by atoms with E-state index in [0.29, 0.717) is 13.0 Å². The van der Waals surface area contributed by atoms with E-state index >= 15 is 0 Å². The number of hydrogen-bond donors (Lipinski definition) is 1. The van der Waals surface area contributed by atoms with Gasteiger partial charge in [0.05, 0.1) is 6.42 Å². The lowest BCUT2D eigenvalue weighted by Gasteiger charge is -2.15. The van der Waals surface area contributed by atoms with Crippen LogP contribution in [-0.2, 0) is 11.2 Å². The third-order valence-corrected chi connectivity index (χ3v) is 3.32. The minimum Gasteiger partial charge on any atom is -0.341 e. The number of hydrogen-bond acceptors (Lipinski definition) is 2. The first-order chi connectivity index (χ1) is 7.65. The highest BCUT2D eigenvalue weighted by atomic mass is 79.9. The topological polar surface area (TPSA) is 46.3 Å². The van der Waals surface area contributed by atoms with Crippen molar-refractivity contribution in [2.75, 3.05) is 13.1 Å². The molecule has 1 aromatic carbocycles. The van der Waals surface area contributed by atoms with Gasteiger partial charge in [-0.2, -0.15) is 0 Å². The van der Waals surface area contributed by atoms with Crippen LogP contribution < -0.4 is 5.73 Å². The first kappa shape index (κ1) is 14.5. The van der Waals surface area contributed by atoms with Gasteiger partial charge in [0.1, 0.15) is 0 Å². The summed E-state index contributed by atoms with van der Waals surface area (Å²) >= 11 is 3.40. The maximum atomic E-state index is 11.9. The van der Waals surface area contributed by atoms with E-state index in [1.165, 1.54) is 0 Å². The van der Waals surface area contributed by atoms with Gasteiger partial charge in [-0.25, -0.2) is 0 Å². The minimum atomic E-state index is 0. The summed E-state index contributed by atoms with van der Waals surface area (Å²) in [6, 6.07) is 8.01. The maximum Gasteiger partial charge on any atom is 0.227 e. The lowest BCUT2D eigenvalue weighted by molar-refractivity contribution is -0.129. The lowest BCUT2D eigenvalue weighted by Crippen LogP contribution is -2.32. The van der Waals surface area contributed by atoms with Crippen LogP contribution in [0.2, 0.25) is 0 Å². The molecule has 5 heteroatoms. The molecular weight excluding hydrogens is 304 g/mol. The molecule has 1 aliphatic heterocycles. The summed E-state index contributed by atoms with van der Waals surface area (Å²) < 4.78 is 1.01. The summed E-state index contributed by atoms with van der Waals surface area (Å²) in [5.41, 5.74) is 6.82. The number of carbonyl (C=O) groups excluding carboxylic acids is 1. The second-order valence-electron chi connectivity index (χ2n) is 4.20. The Morgan fingerprint density at radius 3 is 2.88 bits per heavy atom. The number of likely N-dealkylation sites (tertiary alicyclic amines) is 1. The van der Waals surface area contributed by atoms with E-state index in [9.17, 15) is 4.79 Å². The fourth-order valence-corrected chi connectivity index (χ4v) is 2.39. The van der Waals surface area contributed by atoms with Crippen molar-refractivity contribution in [3.8, 4) is 0 Å². The van der Waals surface area contributed by atoms with Crippen molar-refractivity contribution in [3.63, 3.8) is 0 Å². The zero-order valence-electron chi connectivity index (χ0n) is 9.43. The van der Waals surface area contributed by atoms with Crippen LogP contribution in [0.1, 0.15) is 12.0 Å². The number of rotatable bonds is 2. The van der Waals surface area contributed by atoms with Gasteiger partial charge in [-0.1, -0.05) is 28.1 Å². The van der Waals surface area contributed by atoms with Crippen molar-refractivity contribution in [2.24, 2.45) is 5.73 Å². The van der Waals surface area contributed by atoms with E-state index in [-0.39, 0.29) is 24.4 Å². The lowest BCUT2D eigenvalue weighted by atomic mass is 10.1. The summed E-state index contributed by atoms with van der Waals surface area (Å²) in [5, 5.41) is 0. The molecule has 0 unspecified atom stereocenters. The van der Waals surface area contributed by atoms with Gasteiger partial charge in [0.2, 0.25) is 5.91 Å². The van der Waals surface area contributed by atoms with Gasteiger partial charge >= 0.3 is 0 Å². The molecule has 0 aromatic heterocycles. The predicted octanol–water partition coefficient (Wildman–Crippen LogP) is 1.97. The molecule has 1 aromatic rings. The molecule has 17 heavy (non-hydrogen) atoms. The van der Waals surface area contributed by atoms with Crippen molar-refractivity contribution in [1.82, 2.24) is 4.90 Å². The second kappa shape index (κ2) is 6.38. The van der Waals surface area contributed by atoms with Gasteiger partial charge in [0, 0.05) is 23.6 Å². The summed E-state index contributed by atoms with van der Waals surface area (Å²) in [6.45, 7) is 1.50. The molecule has 2 rings (SSSR count). The average Bonchev–Trinajstić information content (AvgIpc) is 2.65. The van der Waals surface area contributed by atoms with E-state index in [0.717, 1.165) is 23.0 Å².